The van der Waals surface area contributed by atoms with Crippen LogP contribution in [0.2, 0.25) is 0 Å². The van der Waals surface area contributed by atoms with E-state index in [-0.39, 0.29) is 22.2 Å². The Hall–Kier alpha value is -1.10. The molecule has 3 rings (SSSR count). The summed E-state index contributed by atoms with van der Waals surface area (Å²) in [5.41, 5.74) is 0.598. The molecule has 2 atom stereocenters. The molecule has 1 aromatic rings. The van der Waals surface area contributed by atoms with Gasteiger partial charge in [0.25, 0.3) is 0 Å². The predicted molar refractivity (Wildman–Crippen MR) is 73.4 cm³/mol. The van der Waals surface area contributed by atoms with Crippen molar-refractivity contribution in [2.24, 2.45) is 5.92 Å². The minimum atomic E-state index is -0.717. The fraction of sp³-hybridized carbons (Fsp3) is 0.643. The van der Waals surface area contributed by atoms with Gasteiger partial charge in [-0.2, -0.15) is 0 Å². The zero-order valence-electron chi connectivity index (χ0n) is 11.0. The van der Waals surface area contributed by atoms with Crippen molar-refractivity contribution >= 4 is 16.6 Å². The topological polar surface area (TPSA) is 59.9 Å². The van der Waals surface area contributed by atoms with Gasteiger partial charge in [0, 0.05) is 39.6 Å². The van der Waals surface area contributed by atoms with Crippen LogP contribution in [0.5, 0.6) is 0 Å². The van der Waals surface area contributed by atoms with Crippen LogP contribution in [0.25, 0.3) is 0 Å². The van der Waals surface area contributed by atoms with Gasteiger partial charge in [0.05, 0.1) is 5.56 Å². The lowest BCUT2D eigenvalue weighted by atomic mass is 9.85. The summed E-state index contributed by atoms with van der Waals surface area (Å²) in [6.07, 6.45) is 7.97. The van der Waals surface area contributed by atoms with Crippen molar-refractivity contribution in [3.8, 4) is 0 Å². The number of ketones is 1. The molecule has 0 aliphatic carbocycles. The third-order valence-corrected chi connectivity index (χ3v) is 6.41. The summed E-state index contributed by atoms with van der Waals surface area (Å²) in [5.74, 6) is 0.825. The molecule has 2 unspecified atom stereocenters. The number of hydrogen-bond donors (Lipinski definition) is 0. The molecule has 2 saturated heterocycles. The van der Waals surface area contributed by atoms with Gasteiger partial charge >= 0.3 is 0 Å². The Morgan fingerprint density at radius 1 is 1.21 bits per heavy atom. The van der Waals surface area contributed by atoms with E-state index >= 15 is 0 Å². The average Bonchev–Trinajstić information content (AvgIpc) is 2.38. The number of fused-ring (bicyclic) bond motifs is 2. The van der Waals surface area contributed by atoms with Crippen molar-refractivity contribution in [1.29, 1.82) is 0 Å². The SMILES string of the molecule is Cc1ncc(C(=O)C2CC3CCCC(C2)S3=O)cn1. The number of carbonyl (C=O) groups excluding carboxylic acids is 1. The first kappa shape index (κ1) is 12.9. The Morgan fingerprint density at radius 3 is 2.37 bits per heavy atom. The van der Waals surface area contributed by atoms with Crippen molar-refractivity contribution in [3.63, 3.8) is 0 Å². The molecular weight excluding hydrogens is 260 g/mol. The number of nitrogens with zero attached hydrogens (tertiary/aromatic N) is 2. The standard InChI is InChI=1S/C14H18N2O2S/c1-9-15-7-11(8-16-9)14(17)10-5-12-3-2-4-13(6-10)19(12)18/h7-8,10,12-13H,2-6H2,1H3. The summed E-state index contributed by atoms with van der Waals surface area (Å²) in [7, 11) is -0.717. The maximum Gasteiger partial charge on any atom is 0.169 e. The van der Waals surface area contributed by atoms with Crippen LogP contribution in [0, 0.1) is 12.8 Å². The molecule has 2 fully saturated rings. The molecule has 2 bridgehead atoms. The van der Waals surface area contributed by atoms with Gasteiger partial charge in [0.1, 0.15) is 5.82 Å². The molecule has 4 nitrogen and oxygen atoms in total. The summed E-state index contributed by atoms with van der Waals surface area (Å²) in [4.78, 5) is 20.7. The maximum absolute atomic E-state index is 12.5. The molecule has 2 aliphatic heterocycles. The number of hydrogen-bond acceptors (Lipinski definition) is 4. The zero-order chi connectivity index (χ0) is 13.4. The summed E-state index contributed by atoms with van der Waals surface area (Å²) < 4.78 is 12.1. The van der Waals surface area contributed by atoms with E-state index in [2.05, 4.69) is 9.97 Å². The van der Waals surface area contributed by atoms with E-state index in [0.717, 1.165) is 32.1 Å². The Bertz CT molecular complexity index is 499. The highest BCUT2D eigenvalue weighted by Gasteiger charge is 2.40. The summed E-state index contributed by atoms with van der Waals surface area (Å²) in [6.45, 7) is 1.81. The molecule has 0 aromatic carbocycles. The Kier molecular flexibility index (Phi) is 3.48. The van der Waals surface area contributed by atoms with E-state index < -0.39 is 10.8 Å². The Balaban J connectivity index is 1.78. The Labute approximate surface area is 115 Å². The zero-order valence-corrected chi connectivity index (χ0v) is 11.9. The van der Waals surface area contributed by atoms with Crippen LogP contribution < -0.4 is 0 Å². The van der Waals surface area contributed by atoms with Crippen LogP contribution in [0.15, 0.2) is 12.4 Å². The fourth-order valence-corrected chi connectivity index (χ4v) is 5.39. The number of aryl methyl sites for hydroxylation is 1. The predicted octanol–water partition coefficient (Wildman–Crippen LogP) is 2.05. The normalized spacial score (nSPS) is 33.9. The number of rotatable bonds is 2. The molecule has 0 N–H and O–H groups in total. The molecular formula is C14H18N2O2S. The minimum Gasteiger partial charge on any atom is -0.294 e. The van der Waals surface area contributed by atoms with Crippen molar-refractivity contribution in [3.05, 3.63) is 23.8 Å². The number of Topliss-reactive ketones (excluding diaryl/α,β-unsaturated/α-hetero) is 1. The molecule has 0 amide bonds. The van der Waals surface area contributed by atoms with Gasteiger partial charge in [-0.25, -0.2) is 9.97 Å². The van der Waals surface area contributed by atoms with Crippen molar-refractivity contribution in [2.45, 2.75) is 49.5 Å². The summed E-state index contributed by atoms with van der Waals surface area (Å²) in [6, 6.07) is 0. The van der Waals surface area contributed by atoms with Crippen molar-refractivity contribution in [1.82, 2.24) is 9.97 Å². The molecule has 0 spiro atoms. The first-order valence-corrected chi connectivity index (χ1v) is 8.15. The first-order chi connectivity index (χ1) is 9.15. The molecule has 19 heavy (non-hydrogen) atoms. The average molecular weight is 278 g/mol. The molecule has 102 valence electrons. The largest absolute Gasteiger partial charge is 0.294 e. The monoisotopic (exact) mass is 278 g/mol. The van der Waals surface area contributed by atoms with Crippen LogP contribution in [0.1, 0.15) is 48.3 Å². The second-order valence-electron chi connectivity index (χ2n) is 5.55. The number of carbonyl (C=O) groups is 1. The molecule has 0 saturated carbocycles. The number of aromatic nitrogens is 2. The van der Waals surface area contributed by atoms with Gasteiger partial charge in [0.2, 0.25) is 0 Å². The van der Waals surface area contributed by atoms with Gasteiger partial charge in [-0.1, -0.05) is 6.42 Å². The van der Waals surface area contributed by atoms with E-state index in [0.29, 0.717) is 11.4 Å². The maximum atomic E-state index is 12.5. The van der Waals surface area contributed by atoms with Crippen LogP contribution in [-0.2, 0) is 10.8 Å². The van der Waals surface area contributed by atoms with Crippen LogP contribution in [0.3, 0.4) is 0 Å². The fourth-order valence-electron chi connectivity index (χ4n) is 3.20. The van der Waals surface area contributed by atoms with Gasteiger partial charge in [-0.05, 0) is 32.6 Å². The van der Waals surface area contributed by atoms with E-state index in [1.54, 1.807) is 12.4 Å². The van der Waals surface area contributed by atoms with Gasteiger partial charge in [-0.15, -0.1) is 0 Å². The lowest BCUT2D eigenvalue weighted by molar-refractivity contribution is 0.0894. The lowest BCUT2D eigenvalue weighted by Gasteiger charge is -2.37. The lowest BCUT2D eigenvalue weighted by Crippen LogP contribution is -2.41. The van der Waals surface area contributed by atoms with Gasteiger partial charge in [-0.3, -0.25) is 9.00 Å². The van der Waals surface area contributed by atoms with E-state index in [9.17, 15) is 9.00 Å². The third-order valence-electron chi connectivity index (χ3n) is 4.24. The van der Waals surface area contributed by atoms with Crippen LogP contribution in [-0.4, -0.2) is 30.5 Å². The third kappa shape index (κ3) is 2.48. The van der Waals surface area contributed by atoms with Gasteiger partial charge < -0.3 is 0 Å². The van der Waals surface area contributed by atoms with Crippen molar-refractivity contribution < 1.29 is 9.00 Å². The second-order valence-corrected chi connectivity index (χ2v) is 7.55. The van der Waals surface area contributed by atoms with Crippen molar-refractivity contribution in [2.75, 3.05) is 0 Å². The molecule has 5 heteroatoms. The van der Waals surface area contributed by atoms with Gasteiger partial charge in [0.15, 0.2) is 5.78 Å². The van der Waals surface area contributed by atoms with Crippen LogP contribution in [0.4, 0.5) is 0 Å². The quantitative estimate of drug-likeness (QED) is 0.777. The molecule has 0 radical (unpaired) electrons. The smallest absolute Gasteiger partial charge is 0.169 e. The minimum absolute atomic E-state index is 0.0132. The van der Waals surface area contributed by atoms with E-state index in [1.807, 2.05) is 6.92 Å². The summed E-state index contributed by atoms with van der Waals surface area (Å²) >= 11 is 0. The Morgan fingerprint density at radius 2 is 1.79 bits per heavy atom. The highest BCUT2D eigenvalue weighted by atomic mass is 32.2. The van der Waals surface area contributed by atoms with Crippen LogP contribution >= 0.6 is 0 Å². The molecule has 2 aliphatic rings. The first-order valence-electron chi connectivity index (χ1n) is 6.87. The van der Waals surface area contributed by atoms with E-state index in [4.69, 9.17) is 0 Å². The highest BCUT2D eigenvalue weighted by Crippen LogP contribution is 2.38. The molecule has 3 heterocycles. The summed E-state index contributed by atoms with van der Waals surface area (Å²) in [5, 5.41) is 0.459. The second kappa shape index (κ2) is 5.12. The molecule has 1 aromatic heterocycles. The highest BCUT2D eigenvalue weighted by molar-refractivity contribution is 7.86. The van der Waals surface area contributed by atoms with E-state index in [1.165, 1.54) is 0 Å².